The molecule has 170 valence electrons. The van der Waals surface area contributed by atoms with Gasteiger partial charge >= 0.3 is 6.18 Å². The molecule has 2 fully saturated rings. The number of alkyl halides is 3. The fraction of sp³-hybridized carbons (Fsp3) is 0.640. The van der Waals surface area contributed by atoms with Gasteiger partial charge in [-0.3, -0.25) is 4.98 Å². The second-order valence-electron chi connectivity index (χ2n) is 9.52. The van der Waals surface area contributed by atoms with Gasteiger partial charge < -0.3 is 10.1 Å². The van der Waals surface area contributed by atoms with E-state index in [9.17, 15) is 13.2 Å². The van der Waals surface area contributed by atoms with E-state index in [1.54, 1.807) is 6.20 Å². The number of nitrogens with one attached hydrogen (secondary N) is 1. The third kappa shape index (κ3) is 5.00. The maximum Gasteiger partial charge on any atom is 0.418 e. The molecular weight excluding hydrogens is 401 g/mol. The summed E-state index contributed by atoms with van der Waals surface area (Å²) < 4.78 is 45.9. The number of rotatable bonds is 6. The molecular formula is C25H33F3N2O. The van der Waals surface area contributed by atoms with Crippen LogP contribution in [-0.2, 0) is 17.3 Å². The van der Waals surface area contributed by atoms with Gasteiger partial charge in [-0.05, 0) is 69.6 Å². The summed E-state index contributed by atoms with van der Waals surface area (Å²) in [6.45, 7) is 3.07. The second-order valence-corrected chi connectivity index (χ2v) is 9.52. The summed E-state index contributed by atoms with van der Waals surface area (Å²) in [7, 11) is 0. The van der Waals surface area contributed by atoms with E-state index in [-0.39, 0.29) is 16.7 Å². The Morgan fingerprint density at radius 3 is 2.68 bits per heavy atom. The van der Waals surface area contributed by atoms with E-state index in [1.807, 2.05) is 0 Å². The number of aryl methyl sites for hydroxylation is 2. The van der Waals surface area contributed by atoms with Crippen molar-refractivity contribution in [3.63, 3.8) is 0 Å². The van der Waals surface area contributed by atoms with Gasteiger partial charge in [-0.2, -0.15) is 13.2 Å². The number of hydrogen-bond donors (Lipinski definition) is 1. The molecule has 3 aliphatic rings. The molecule has 0 aromatic carbocycles. The van der Waals surface area contributed by atoms with Crippen LogP contribution in [0, 0.1) is 12.3 Å². The lowest BCUT2D eigenvalue weighted by atomic mass is 9.66. The highest BCUT2D eigenvalue weighted by molar-refractivity contribution is 5.28. The number of ether oxygens (including phenoxy) is 1. The standard InChI is InChI=1S/C25H33F3N2O/c1-19-21(25(26,27)28)16-20(17-30-19)8-2-4-10-23(22-9-3-7-14-29-22)13-15-31-24(18-23)11-5-6-12-24/h3,7,9,16-17,29H,2,4-6,8,10-15,18H2,1H3/t23-/m1/s1. The van der Waals surface area contributed by atoms with E-state index in [1.165, 1.54) is 31.5 Å². The molecule has 3 nitrogen and oxygen atoms in total. The summed E-state index contributed by atoms with van der Waals surface area (Å²) in [5, 5.41) is 3.61. The molecule has 3 heterocycles. The van der Waals surface area contributed by atoms with Crippen molar-refractivity contribution in [1.82, 2.24) is 10.3 Å². The highest BCUT2D eigenvalue weighted by atomic mass is 19.4. The van der Waals surface area contributed by atoms with Gasteiger partial charge in [0.2, 0.25) is 0 Å². The zero-order valence-electron chi connectivity index (χ0n) is 18.4. The van der Waals surface area contributed by atoms with Crippen LogP contribution in [0.25, 0.3) is 0 Å². The lowest BCUT2D eigenvalue weighted by molar-refractivity contribution is -0.138. The van der Waals surface area contributed by atoms with Crippen molar-refractivity contribution < 1.29 is 17.9 Å². The molecule has 31 heavy (non-hydrogen) atoms. The van der Waals surface area contributed by atoms with Crippen LogP contribution in [0.15, 0.2) is 36.2 Å². The minimum absolute atomic E-state index is 0.0183. The molecule has 1 saturated heterocycles. The SMILES string of the molecule is Cc1ncc(CCCC[C@@]2(C3=CC=CCN3)CCOC3(CCCC3)C2)cc1C(F)(F)F. The molecule has 2 aliphatic heterocycles. The third-order valence-electron chi connectivity index (χ3n) is 7.36. The van der Waals surface area contributed by atoms with Crippen molar-refractivity contribution in [3.8, 4) is 0 Å². The van der Waals surface area contributed by atoms with Crippen molar-refractivity contribution in [3.05, 3.63) is 53.0 Å². The fourth-order valence-electron chi connectivity index (χ4n) is 5.75. The van der Waals surface area contributed by atoms with Crippen molar-refractivity contribution in [2.75, 3.05) is 13.2 Å². The van der Waals surface area contributed by atoms with Crippen LogP contribution < -0.4 is 5.32 Å². The zero-order valence-corrected chi connectivity index (χ0v) is 18.4. The van der Waals surface area contributed by atoms with Gasteiger partial charge in [-0.15, -0.1) is 0 Å². The zero-order chi connectivity index (χ0) is 22.0. The van der Waals surface area contributed by atoms with Crippen LogP contribution in [0.5, 0.6) is 0 Å². The first-order valence-electron chi connectivity index (χ1n) is 11.6. The van der Waals surface area contributed by atoms with Gasteiger partial charge in [0, 0.05) is 36.2 Å². The van der Waals surface area contributed by atoms with Gasteiger partial charge in [0.25, 0.3) is 0 Å². The molecule has 0 radical (unpaired) electrons. The quantitative estimate of drug-likeness (QED) is 0.536. The highest BCUT2D eigenvalue weighted by Crippen LogP contribution is 2.52. The number of allylic oxidation sites excluding steroid dienone is 3. The van der Waals surface area contributed by atoms with Gasteiger partial charge in [0.1, 0.15) is 0 Å². The number of unbranched alkanes of at least 4 members (excludes halogenated alkanes) is 1. The number of halogens is 3. The number of hydrogen-bond acceptors (Lipinski definition) is 3. The van der Waals surface area contributed by atoms with Crippen LogP contribution in [0.1, 0.15) is 74.6 Å². The van der Waals surface area contributed by atoms with E-state index in [2.05, 4.69) is 28.5 Å². The Kier molecular flexibility index (Phi) is 6.47. The average molecular weight is 435 g/mol. The molecule has 1 atom stereocenters. The predicted molar refractivity (Wildman–Crippen MR) is 116 cm³/mol. The summed E-state index contributed by atoms with van der Waals surface area (Å²) in [4.78, 5) is 3.99. The smallest absolute Gasteiger partial charge is 0.384 e. The lowest BCUT2D eigenvalue weighted by Crippen LogP contribution is -2.47. The van der Waals surface area contributed by atoms with Gasteiger partial charge in [0.15, 0.2) is 0 Å². The number of pyridine rings is 1. The van der Waals surface area contributed by atoms with Crippen molar-refractivity contribution >= 4 is 0 Å². The lowest BCUT2D eigenvalue weighted by Gasteiger charge is -2.48. The van der Waals surface area contributed by atoms with E-state index >= 15 is 0 Å². The number of nitrogens with zero attached hydrogens (tertiary/aromatic N) is 1. The molecule has 0 amide bonds. The second kappa shape index (κ2) is 8.97. The molecule has 0 unspecified atom stereocenters. The fourth-order valence-corrected chi connectivity index (χ4v) is 5.75. The molecule has 1 N–H and O–H groups in total. The molecule has 1 aliphatic carbocycles. The van der Waals surface area contributed by atoms with Crippen LogP contribution in [-0.4, -0.2) is 23.7 Å². The first-order valence-corrected chi connectivity index (χ1v) is 11.6. The Morgan fingerprint density at radius 2 is 1.97 bits per heavy atom. The van der Waals surface area contributed by atoms with Crippen LogP contribution in [0.3, 0.4) is 0 Å². The van der Waals surface area contributed by atoms with E-state index in [0.29, 0.717) is 12.0 Å². The summed E-state index contributed by atoms with van der Waals surface area (Å²) >= 11 is 0. The van der Waals surface area contributed by atoms with Gasteiger partial charge in [-0.1, -0.05) is 31.4 Å². The van der Waals surface area contributed by atoms with Crippen molar-refractivity contribution in [2.24, 2.45) is 5.41 Å². The Labute approximate surface area is 183 Å². The van der Waals surface area contributed by atoms with Crippen molar-refractivity contribution in [2.45, 2.75) is 82.9 Å². The van der Waals surface area contributed by atoms with Crippen LogP contribution in [0.2, 0.25) is 0 Å². The minimum atomic E-state index is -4.35. The Hall–Kier alpha value is -1.82. The van der Waals surface area contributed by atoms with E-state index in [0.717, 1.165) is 58.1 Å². The number of dihydropyridines is 1. The van der Waals surface area contributed by atoms with Crippen LogP contribution >= 0.6 is 0 Å². The summed E-state index contributed by atoms with van der Waals surface area (Å²) in [5.41, 5.74) is 1.52. The minimum Gasteiger partial charge on any atom is -0.384 e. The Morgan fingerprint density at radius 1 is 1.16 bits per heavy atom. The van der Waals surface area contributed by atoms with Crippen molar-refractivity contribution in [1.29, 1.82) is 0 Å². The first kappa shape index (κ1) is 22.4. The topological polar surface area (TPSA) is 34.2 Å². The normalized spacial score (nSPS) is 25.5. The summed E-state index contributed by atoms with van der Waals surface area (Å²) in [6, 6.07) is 1.27. The monoisotopic (exact) mass is 434 g/mol. The van der Waals surface area contributed by atoms with Gasteiger partial charge in [0.05, 0.1) is 11.2 Å². The average Bonchev–Trinajstić information content (AvgIpc) is 3.19. The molecule has 4 rings (SSSR count). The number of aromatic nitrogens is 1. The highest BCUT2D eigenvalue weighted by Gasteiger charge is 2.48. The first-order chi connectivity index (χ1) is 14.8. The molecule has 1 aromatic rings. The maximum absolute atomic E-state index is 13.2. The molecule has 1 aromatic heterocycles. The summed E-state index contributed by atoms with van der Waals surface area (Å²) in [5.74, 6) is 0. The van der Waals surface area contributed by atoms with E-state index in [4.69, 9.17) is 4.74 Å². The van der Waals surface area contributed by atoms with Crippen LogP contribution in [0.4, 0.5) is 13.2 Å². The molecule has 1 spiro atoms. The Bertz CT molecular complexity index is 840. The molecule has 1 saturated carbocycles. The largest absolute Gasteiger partial charge is 0.418 e. The Balaban J connectivity index is 1.43. The van der Waals surface area contributed by atoms with E-state index < -0.39 is 11.7 Å². The summed E-state index contributed by atoms with van der Waals surface area (Å²) in [6.07, 6.45) is 14.1. The third-order valence-corrected chi connectivity index (χ3v) is 7.36. The van der Waals surface area contributed by atoms with Gasteiger partial charge in [-0.25, -0.2) is 0 Å². The molecule has 0 bridgehead atoms. The predicted octanol–water partition coefficient (Wildman–Crippen LogP) is 6.27. The molecule has 6 heteroatoms. The maximum atomic E-state index is 13.2.